The summed E-state index contributed by atoms with van der Waals surface area (Å²) < 4.78 is 0. The lowest BCUT2D eigenvalue weighted by molar-refractivity contribution is 0.590. The molecule has 0 saturated heterocycles. The minimum absolute atomic E-state index is 0.0610. The predicted octanol–water partition coefficient (Wildman–Crippen LogP) is 33.3. The second kappa shape index (κ2) is 30.9. The Bertz CT molecular complexity index is 8250. The van der Waals surface area contributed by atoms with Gasteiger partial charge >= 0.3 is 0 Å². The summed E-state index contributed by atoms with van der Waals surface area (Å²) in [5.41, 5.74) is 20.4. The maximum absolute atomic E-state index is 3.77. The molecule has 0 heteroatoms. The fourth-order valence-electron chi connectivity index (χ4n) is 20.2. The molecule has 0 aromatic heterocycles. The van der Waals surface area contributed by atoms with Gasteiger partial charge in [0.2, 0.25) is 0 Å². The molecule has 596 valence electrons. The van der Waals surface area contributed by atoms with E-state index in [4.69, 9.17) is 0 Å². The van der Waals surface area contributed by atoms with Gasteiger partial charge in [-0.15, -0.1) is 0 Å². The highest BCUT2D eigenvalue weighted by atomic mass is 14.3. The Hall–Kier alpha value is -16.3. The van der Waals surface area contributed by atoms with E-state index in [0.717, 1.165) is 66.1 Å². The van der Waals surface area contributed by atoms with Gasteiger partial charge in [0.15, 0.2) is 0 Å². The van der Waals surface area contributed by atoms with E-state index in [2.05, 4.69) is 477 Å². The van der Waals surface area contributed by atoms with Crippen molar-refractivity contribution in [2.45, 2.75) is 52.4 Å². The third-order valence-electron chi connectivity index (χ3n) is 26.4. The molecule has 0 unspecified atom stereocenters. The minimum atomic E-state index is 0.0610. The summed E-state index contributed by atoms with van der Waals surface area (Å²) >= 11 is 0. The monoisotopic (exact) mass is 1620 g/mol. The van der Waals surface area contributed by atoms with Crippen molar-refractivity contribution in [1.82, 2.24) is 0 Å². The van der Waals surface area contributed by atoms with Crippen molar-refractivity contribution >= 4 is 151 Å². The smallest absolute Gasteiger partial charge is 0.0334 e. The van der Waals surface area contributed by atoms with Crippen LogP contribution in [-0.2, 0) is 10.8 Å². The van der Waals surface area contributed by atoms with Gasteiger partial charge in [-0.25, -0.2) is 0 Å². The van der Waals surface area contributed by atoms with Gasteiger partial charge < -0.3 is 0 Å². The molecule has 0 spiro atoms. The lowest BCUT2D eigenvalue weighted by atomic mass is 9.81. The first-order valence-electron chi connectivity index (χ1n) is 44.3. The summed E-state index contributed by atoms with van der Waals surface area (Å²) in [4.78, 5) is 0. The summed E-state index contributed by atoms with van der Waals surface area (Å²) in [5.74, 6) is 29.3. The van der Waals surface area contributed by atoms with Crippen molar-refractivity contribution in [2.24, 2.45) is 0 Å². The van der Waals surface area contributed by atoms with Crippen LogP contribution in [0.2, 0.25) is 0 Å². The Balaban J connectivity index is 0.000000148. The zero-order valence-electron chi connectivity index (χ0n) is 72.1. The molecule has 0 radical (unpaired) electrons. The fourth-order valence-corrected chi connectivity index (χ4v) is 20.2. The number of fused-ring (bicyclic) bond motifs is 8. The van der Waals surface area contributed by atoms with E-state index in [-0.39, 0.29) is 10.8 Å². The van der Waals surface area contributed by atoms with Crippen LogP contribution in [0.15, 0.2) is 400 Å². The molecule has 0 amide bonds. The van der Waals surface area contributed by atoms with Gasteiger partial charge in [0.1, 0.15) is 0 Å². The SMILES string of the molecule is C(#Cc1cc(-c2c3ccccc3cc3ccccc23)c2ccc3c(-c4c5ccccc5cc5ccccc45)cc(C#Cc4ccccc4)c4ccc1c2c43)c1ccccc1.CC(C)(C)c1ccc(C#Cc2cc(-c3c4ccccc4cc4ccccc34)c3ccc4c(-c5c6ccccc6cc6ccccc56)cc(C#Cc5ccc(C(C)(C)C)cc5)c5ccc2c3c54)cc1. The molecule has 24 aromatic rings. The van der Waals surface area contributed by atoms with Crippen molar-refractivity contribution < 1.29 is 0 Å². The molecule has 0 N–H and O–H groups in total. The summed E-state index contributed by atoms with van der Waals surface area (Å²) in [6.45, 7) is 13.5. The topological polar surface area (TPSA) is 0 Å². The number of benzene rings is 24. The fraction of sp³-hybridized carbons (Fsp3) is 0.0625. The zero-order chi connectivity index (χ0) is 85.9. The third kappa shape index (κ3) is 13.3. The van der Waals surface area contributed by atoms with E-state index in [0.29, 0.717) is 0 Å². The Labute approximate surface area is 745 Å². The largest absolute Gasteiger partial charge is 0.0622 e. The average molecular weight is 1620 g/mol. The molecule has 0 aliphatic rings. The van der Waals surface area contributed by atoms with Crippen LogP contribution in [0.4, 0.5) is 0 Å². The van der Waals surface area contributed by atoms with Crippen molar-refractivity contribution in [3.8, 4) is 91.9 Å². The van der Waals surface area contributed by atoms with Crippen LogP contribution in [-0.4, -0.2) is 0 Å². The maximum atomic E-state index is 3.77. The molecular weight excluding hydrogens is 1540 g/mol. The Morgan fingerprint density at radius 1 is 0.148 bits per heavy atom. The van der Waals surface area contributed by atoms with Crippen LogP contribution in [0.3, 0.4) is 0 Å². The molecule has 24 aromatic carbocycles. The molecule has 0 fully saturated rings. The van der Waals surface area contributed by atoms with Crippen LogP contribution < -0.4 is 0 Å². The second-order valence-electron chi connectivity index (χ2n) is 36.2. The van der Waals surface area contributed by atoms with Gasteiger partial charge in [-0.1, -0.05) is 392 Å². The molecule has 0 saturated carbocycles. The molecular formula is C128H84. The van der Waals surface area contributed by atoms with Crippen LogP contribution in [0, 0.1) is 47.4 Å². The summed E-state index contributed by atoms with van der Waals surface area (Å²) in [6.07, 6.45) is 0. The van der Waals surface area contributed by atoms with E-state index >= 15 is 0 Å². The second-order valence-corrected chi connectivity index (χ2v) is 36.2. The number of rotatable bonds is 4. The molecule has 0 atom stereocenters. The molecule has 128 heavy (non-hydrogen) atoms. The van der Waals surface area contributed by atoms with Gasteiger partial charge in [-0.05, 0) is 314 Å². The minimum Gasteiger partial charge on any atom is -0.0622 e. The van der Waals surface area contributed by atoms with E-state index in [9.17, 15) is 0 Å². The van der Waals surface area contributed by atoms with Gasteiger partial charge in [-0.2, -0.15) is 0 Å². The highest BCUT2D eigenvalue weighted by Gasteiger charge is 2.27. The Kier molecular flexibility index (Phi) is 18.5. The molecule has 0 bridgehead atoms. The van der Waals surface area contributed by atoms with E-state index in [1.54, 1.807) is 0 Å². The third-order valence-corrected chi connectivity index (χ3v) is 26.4. The van der Waals surface area contributed by atoms with Gasteiger partial charge in [0.25, 0.3) is 0 Å². The normalized spacial score (nSPS) is 11.7. The quantitative estimate of drug-likeness (QED) is 0.0936. The van der Waals surface area contributed by atoms with Crippen LogP contribution in [0.5, 0.6) is 0 Å². The standard InChI is InChI=1S/C68H50.C60H34/c1-67(2,3)51-31-25-43(26-32-51)23-29-49-41-61(63-53-19-11-7-15-45(53)39-46-16-8-12-20-54(46)63)59-37-38-60-62(64-55-21-13-9-17-47(55)40-48-18-10-14-22-56(48)64)42-50(58-36-35-57(49)65(59)66(58)60)30-24-44-27-33-52(34-28-44)68(4,5)6;1-3-15-39(16-4-1)27-29-45-37-55(57-47-23-11-7-19-41(47)35-42-20-8-12-24-48(42)57)53-33-34-54-56(58-49-25-13-9-21-43(49)36-44-22-10-14-26-50(44)58)38-46(30-28-40-17-5-2-6-18-40)52-32-31-51(45)59(53)60(52)54/h7-22,25-28,31-42H,1-6H3;1-26,31-38H. The molecule has 0 nitrogen and oxygen atoms in total. The van der Waals surface area contributed by atoms with Gasteiger partial charge in [-0.3, -0.25) is 0 Å². The average Bonchev–Trinajstić information content (AvgIpc) is 0.704. The number of hydrogen-bond donors (Lipinski definition) is 0. The first-order valence-corrected chi connectivity index (χ1v) is 44.3. The highest BCUT2D eigenvalue weighted by molar-refractivity contribution is 6.35. The number of hydrogen-bond acceptors (Lipinski definition) is 0. The van der Waals surface area contributed by atoms with Crippen molar-refractivity contribution in [2.75, 3.05) is 0 Å². The Morgan fingerprint density at radius 2 is 0.328 bits per heavy atom. The van der Waals surface area contributed by atoms with Crippen molar-refractivity contribution in [3.63, 3.8) is 0 Å². The maximum Gasteiger partial charge on any atom is 0.0334 e. The van der Waals surface area contributed by atoms with E-state index < -0.39 is 0 Å². The Morgan fingerprint density at radius 3 is 0.531 bits per heavy atom. The molecule has 0 heterocycles. The van der Waals surface area contributed by atoms with Crippen LogP contribution in [0.1, 0.15) is 97.2 Å². The first kappa shape index (κ1) is 76.6. The molecule has 24 rings (SSSR count). The van der Waals surface area contributed by atoms with E-state index in [1.165, 1.54) is 185 Å². The zero-order valence-corrected chi connectivity index (χ0v) is 72.1. The lowest BCUT2D eigenvalue weighted by Gasteiger charge is -2.21. The van der Waals surface area contributed by atoms with Gasteiger partial charge in [0.05, 0.1) is 0 Å². The summed E-state index contributed by atoms with van der Waals surface area (Å²) in [6, 6.07) is 146. The summed E-state index contributed by atoms with van der Waals surface area (Å²) in [5, 5.41) is 33.8. The van der Waals surface area contributed by atoms with Crippen molar-refractivity contribution in [3.05, 3.63) is 456 Å². The predicted molar refractivity (Wildman–Crippen MR) is 549 cm³/mol. The van der Waals surface area contributed by atoms with Crippen LogP contribution in [0.25, 0.3) is 195 Å². The van der Waals surface area contributed by atoms with E-state index in [1.807, 2.05) is 12.1 Å². The van der Waals surface area contributed by atoms with Gasteiger partial charge in [0, 0.05) is 44.5 Å². The lowest BCUT2D eigenvalue weighted by Crippen LogP contribution is -2.10. The van der Waals surface area contributed by atoms with Crippen LogP contribution >= 0.6 is 0 Å². The molecule has 0 aliphatic heterocycles. The summed E-state index contributed by atoms with van der Waals surface area (Å²) in [7, 11) is 0. The molecule has 0 aliphatic carbocycles. The highest BCUT2D eigenvalue weighted by Crippen LogP contribution is 2.53. The first-order chi connectivity index (χ1) is 62.7. The van der Waals surface area contributed by atoms with Crippen molar-refractivity contribution in [1.29, 1.82) is 0 Å².